The number of carbonyl (C=O) groups is 1. The number of pyridine rings is 1. The molecular formula is C22H19F4N5O2. The van der Waals surface area contributed by atoms with Gasteiger partial charge in [0.05, 0.1) is 41.3 Å². The van der Waals surface area contributed by atoms with E-state index in [9.17, 15) is 22.4 Å². The highest BCUT2D eigenvalue weighted by atomic mass is 19.4. The summed E-state index contributed by atoms with van der Waals surface area (Å²) < 4.78 is 58.2. The molecule has 172 valence electrons. The van der Waals surface area contributed by atoms with E-state index in [0.717, 1.165) is 12.1 Å². The molecule has 7 nitrogen and oxygen atoms in total. The third-order valence-electron chi connectivity index (χ3n) is 6.26. The summed E-state index contributed by atoms with van der Waals surface area (Å²) in [6, 6.07) is 7.83. The van der Waals surface area contributed by atoms with Crippen LogP contribution in [0.4, 0.5) is 17.6 Å². The van der Waals surface area contributed by atoms with Gasteiger partial charge in [-0.2, -0.15) is 28.2 Å². The largest absolute Gasteiger partial charge is 0.472 e. The minimum atomic E-state index is -4.49. The number of hydrogen-bond donors (Lipinski definition) is 0. The Balaban J connectivity index is 1.40. The van der Waals surface area contributed by atoms with Crippen molar-refractivity contribution in [2.75, 3.05) is 6.67 Å². The van der Waals surface area contributed by atoms with Crippen LogP contribution in [0.5, 0.6) is 5.88 Å². The number of para-hydroxylation sites is 1. The van der Waals surface area contributed by atoms with Crippen LogP contribution in [-0.4, -0.2) is 55.6 Å². The number of fused-ring (bicyclic) bond motifs is 2. The molecule has 1 aromatic carbocycles. The number of benzene rings is 1. The molecule has 5 rings (SSSR count). The van der Waals surface area contributed by atoms with Gasteiger partial charge in [0.15, 0.2) is 0 Å². The molecule has 4 atom stereocenters. The summed E-state index contributed by atoms with van der Waals surface area (Å²) in [5.74, 6) is -0.448. The van der Waals surface area contributed by atoms with Gasteiger partial charge in [0.2, 0.25) is 5.88 Å². The number of aromatic nitrogens is 4. The molecule has 2 aromatic heterocycles. The van der Waals surface area contributed by atoms with Crippen molar-refractivity contribution >= 4 is 5.91 Å². The minimum Gasteiger partial charge on any atom is -0.472 e. The van der Waals surface area contributed by atoms with Crippen molar-refractivity contribution in [2.45, 2.75) is 37.2 Å². The second-order valence-corrected chi connectivity index (χ2v) is 8.11. The van der Waals surface area contributed by atoms with Crippen molar-refractivity contribution in [2.24, 2.45) is 5.92 Å². The van der Waals surface area contributed by atoms with Crippen LogP contribution >= 0.6 is 0 Å². The molecule has 3 aromatic rings. The number of hydrogen-bond acceptors (Lipinski definition) is 5. The summed E-state index contributed by atoms with van der Waals surface area (Å²) in [7, 11) is 0. The number of carbonyl (C=O) groups excluding carboxylic acids is 1. The summed E-state index contributed by atoms with van der Waals surface area (Å²) in [6.45, 7) is -0.694. The zero-order valence-corrected chi connectivity index (χ0v) is 17.2. The summed E-state index contributed by atoms with van der Waals surface area (Å²) in [4.78, 5) is 20.2. The van der Waals surface area contributed by atoms with Gasteiger partial charge in [0, 0.05) is 12.3 Å². The quantitative estimate of drug-likeness (QED) is 0.542. The first-order valence-corrected chi connectivity index (χ1v) is 10.4. The molecule has 1 aliphatic heterocycles. The SMILES string of the molecule is O=C(c1ccccc1-n1nccn1)N1C(CF)C2CC1[C@@H](Oc1ccc(C(F)(F)F)cn1)C2. The maximum Gasteiger partial charge on any atom is 0.417 e. The van der Waals surface area contributed by atoms with E-state index in [0.29, 0.717) is 30.3 Å². The number of amides is 1. The molecule has 2 aliphatic rings. The molecule has 2 bridgehead atoms. The summed E-state index contributed by atoms with van der Waals surface area (Å²) in [5.41, 5.74) is -0.0817. The highest BCUT2D eigenvalue weighted by molar-refractivity contribution is 5.98. The highest BCUT2D eigenvalue weighted by Gasteiger charge is 2.54. The molecule has 0 radical (unpaired) electrons. The van der Waals surface area contributed by atoms with Crippen LogP contribution in [-0.2, 0) is 6.18 Å². The first kappa shape index (κ1) is 21.4. The van der Waals surface area contributed by atoms with Gasteiger partial charge in [0.1, 0.15) is 12.8 Å². The van der Waals surface area contributed by atoms with E-state index in [4.69, 9.17) is 4.74 Å². The van der Waals surface area contributed by atoms with Crippen LogP contribution in [0.25, 0.3) is 5.69 Å². The van der Waals surface area contributed by atoms with E-state index in [2.05, 4.69) is 15.2 Å². The molecule has 2 fully saturated rings. The van der Waals surface area contributed by atoms with Crippen LogP contribution in [0.2, 0.25) is 0 Å². The van der Waals surface area contributed by atoms with Gasteiger partial charge in [-0.15, -0.1) is 0 Å². The Bertz CT molecular complexity index is 1140. The van der Waals surface area contributed by atoms with Crippen molar-refractivity contribution < 1.29 is 27.1 Å². The monoisotopic (exact) mass is 461 g/mol. The van der Waals surface area contributed by atoms with Gasteiger partial charge in [-0.25, -0.2) is 9.37 Å². The summed E-state index contributed by atoms with van der Waals surface area (Å²) in [5, 5.41) is 8.17. The molecule has 3 unspecified atom stereocenters. The summed E-state index contributed by atoms with van der Waals surface area (Å²) in [6.07, 6.45) is -0.257. The zero-order valence-electron chi connectivity index (χ0n) is 17.2. The Labute approximate surface area is 186 Å². The highest BCUT2D eigenvalue weighted by Crippen LogP contribution is 2.45. The Morgan fingerprint density at radius 1 is 1.09 bits per heavy atom. The minimum absolute atomic E-state index is 0.0332. The van der Waals surface area contributed by atoms with Crippen molar-refractivity contribution in [3.63, 3.8) is 0 Å². The Morgan fingerprint density at radius 3 is 2.52 bits per heavy atom. The maximum atomic E-state index is 14.0. The lowest BCUT2D eigenvalue weighted by Crippen LogP contribution is -2.53. The van der Waals surface area contributed by atoms with Gasteiger partial charge in [-0.3, -0.25) is 4.79 Å². The van der Waals surface area contributed by atoms with Crippen LogP contribution in [0, 0.1) is 5.92 Å². The standard InChI is InChI=1S/C22H19F4N5O2/c23-11-18-13-9-17(19(10-13)33-20-6-5-14(12-27-20)22(24,25)26)30(18)21(32)15-3-1-2-4-16(15)31-28-7-8-29-31/h1-8,12-13,17-19H,9-11H2/t13?,17?,18?,19-/m0/s1. The van der Waals surface area contributed by atoms with Crippen LogP contribution < -0.4 is 4.74 Å². The predicted octanol–water partition coefficient (Wildman–Crippen LogP) is 3.70. The number of nitrogens with zero attached hydrogens (tertiary/aromatic N) is 5. The number of halogens is 4. The third-order valence-corrected chi connectivity index (χ3v) is 6.26. The fourth-order valence-corrected chi connectivity index (χ4v) is 4.80. The second-order valence-electron chi connectivity index (χ2n) is 8.11. The van der Waals surface area contributed by atoms with Crippen LogP contribution in [0.15, 0.2) is 55.0 Å². The first-order chi connectivity index (χ1) is 15.9. The molecule has 1 saturated heterocycles. The van der Waals surface area contributed by atoms with E-state index in [-0.39, 0.29) is 17.7 Å². The Morgan fingerprint density at radius 2 is 1.85 bits per heavy atom. The Kier molecular flexibility index (Phi) is 5.26. The molecule has 1 aliphatic carbocycles. The van der Waals surface area contributed by atoms with Gasteiger partial charge in [0.25, 0.3) is 5.91 Å². The zero-order chi connectivity index (χ0) is 23.2. The molecule has 0 spiro atoms. The van der Waals surface area contributed by atoms with E-state index < -0.39 is 36.6 Å². The van der Waals surface area contributed by atoms with Crippen LogP contribution in [0.1, 0.15) is 28.8 Å². The smallest absolute Gasteiger partial charge is 0.417 e. The third kappa shape index (κ3) is 3.81. The topological polar surface area (TPSA) is 73.1 Å². The van der Waals surface area contributed by atoms with E-state index in [1.807, 2.05) is 0 Å². The van der Waals surface area contributed by atoms with E-state index >= 15 is 0 Å². The normalized spacial score (nSPS) is 24.3. The van der Waals surface area contributed by atoms with Gasteiger partial charge in [-0.05, 0) is 37.0 Å². The van der Waals surface area contributed by atoms with Gasteiger partial charge in [-0.1, -0.05) is 12.1 Å². The molecule has 33 heavy (non-hydrogen) atoms. The molecule has 1 saturated carbocycles. The predicted molar refractivity (Wildman–Crippen MR) is 107 cm³/mol. The number of piperidine rings is 1. The Hall–Kier alpha value is -3.50. The number of alkyl halides is 4. The van der Waals surface area contributed by atoms with Crippen molar-refractivity contribution in [1.29, 1.82) is 0 Å². The lowest BCUT2D eigenvalue weighted by molar-refractivity contribution is -0.137. The fourth-order valence-electron chi connectivity index (χ4n) is 4.80. The fraction of sp³-hybridized carbons (Fsp3) is 0.364. The molecule has 0 N–H and O–H groups in total. The van der Waals surface area contributed by atoms with Crippen molar-refractivity contribution in [3.8, 4) is 11.6 Å². The lowest BCUT2D eigenvalue weighted by Gasteiger charge is -2.38. The summed E-state index contributed by atoms with van der Waals surface area (Å²) >= 11 is 0. The number of rotatable bonds is 5. The maximum absolute atomic E-state index is 14.0. The van der Waals surface area contributed by atoms with Crippen molar-refractivity contribution in [1.82, 2.24) is 24.9 Å². The lowest BCUT2D eigenvalue weighted by atomic mass is 9.97. The first-order valence-electron chi connectivity index (χ1n) is 10.4. The molecule has 11 heteroatoms. The second kappa shape index (κ2) is 8.13. The average Bonchev–Trinajstić information content (AvgIpc) is 3.55. The van der Waals surface area contributed by atoms with Crippen molar-refractivity contribution in [3.05, 3.63) is 66.1 Å². The van der Waals surface area contributed by atoms with Gasteiger partial charge < -0.3 is 9.64 Å². The van der Waals surface area contributed by atoms with E-state index in [1.54, 1.807) is 24.3 Å². The molecule has 3 heterocycles. The van der Waals surface area contributed by atoms with E-state index in [1.165, 1.54) is 22.1 Å². The number of ether oxygens (including phenoxy) is 1. The van der Waals surface area contributed by atoms with Gasteiger partial charge >= 0.3 is 6.18 Å². The average molecular weight is 461 g/mol. The molecular weight excluding hydrogens is 442 g/mol. The number of likely N-dealkylation sites (tertiary alicyclic amines) is 1. The molecule has 1 amide bonds. The van der Waals surface area contributed by atoms with Crippen LogP contribution in [0.3, 0.4) is 0 Å².